The summed E-state index contributed by atoms with van der Waals surface area (Å²) in [7, 11) is 0. The summed E-state index contributed by atoms with van der Waals surface area (Å²) >= 11 is 0. The highest BCUT2D eigenvalue weighted by Gasteiger charge is 2.58. The third-order valence-corrected chi connectivity index (χ3v) is 4.19. The van der Waals surface area contributed by atoms with Crippen molar-refractivity contribution in [2.75, 3.05) is 0 Å². The maximum Gasteiger partial charge on any atom is 0.393 e. The molecule has 0 aromatic carbocycles. The lowest BCUT2D eigenvalue weighted by molar-refractivity contribution is -0.502. The third kappa shape index (κ3) is 4.20. The quantitative estimate of drug-likeness (QED) is 0.479. The van der Waals surface area contributed by atoms with Gasteiger partial charge in [0.05, 0.1) is 5.92 Å². The fourth-order valence-corrected chi connectivity index (χ4v) is 2.53. The van der Waals surface area contributed by atoms with Crippen LogP contribution in [0.25, 0.3) is 0 Å². The summed E-state index contributed by atoms with van der Waals surface area (Å²) < 4.78 is 0. The maximum atomic E-state index is 12.2. The van der Waals surface area contributed by atoms with Crippen LogP contribution in [0.4, 0.5) is 0 Å². The highest BCUT2D eigenvalue weighted by atomic mass is 17.3. The van der Waals surface area contributed by atoms with E-state index in [9.17, 15) is 9.59 Å². The Balaban J connectivity index is 2.51. The van der Waals surface area contributed by atoms with Gasteiger partial charge in [0.1, 0.15) is 6.10 Å². The molecular formula is C16H28O6. The van der Waals surface area contributed by atoms with E-state index in [1.807, 2.05) is 20.8 Å². The Hall–Kier alpha value is -1.14. The minimum absolute atomic E-state index is 0.240. The van der Waals surface area contributed by atoms with Crippen LogP contribution < -0.4 is 0 Å². The number of hydrogen-bond acceptors (Lipinski definition) is 6. The van der Waals surface area contributed by atoms with Crippen molar-refractivity contribution < 1.29 is 29.1 Å². The van der Waals surface area contributed by atoms with Crippen molar-refractivity contribution >= 4 is 11.9 Å². The van der Waals surface area contributed by atoms with E-state index in [-0.39, 0.29) is 12.0 Å². The third-order valence-electron chi connectivity index (χ3n) is 4.19. The molecule has 0 bridgehead atoms. The molecule has 0 N–H and O–H groups in total. The Labute approximate surface area is 132 Å². The maximum absolute atomic E-state index is 12.2. The highest BCUT2D eigenvalue weighted by molar-refractivity contribution is 5.81. The lowest BCUT2D eigenvalue weighted by atomic mass is 9.89. The first kappa shape index (κ1) is 18.9. The van der Waals surface area contributed by atoms with Crippen molar-refractivity contribution in [1.82, 2.24) is 0 Å². The van der Waals surface area contributed by atoms with Gasteiger partial charge in [-0.1, -0.05) is 47.0 Å². The van der Waals surface area contributed by atoms with E-state index < -0.39 is 17.5 Å². The molecule has 1 heterocycles. The lowest BCUT2D eigenvalue weighted by Crippen LogP contribution is -2.61. The Morgan fingerprint density at radius 1 is 1.14 bits per heavy atom. The van der Waals surface area contributed by atoms with E-state index in [4.69, 9.17) is 19.6 Å². The van der Waals surface area contributed by atoms with Crippen LogP contribution in [0.3, 0.4) is 0 Å². The number of carbonyl (C=O) groups excluding carboxylic acids is 2. The number of carbonyl (C=O) groups is 2. The molecule has 0 amide bonds. The van der Waals surface area contributed by atoms with E-state index >= 15 is 0 Å². The van der Waals surface area contributed by atoms with Gasteiger partial charge in [-0.2, -0.15) is 0 Å². The summed E-state index contributed by atoms with van der Waals surface area (Å²) in [4.78, 5) is 43.6. The van der Waals surface area contributed by atoms with Crippen LogP contribution >= 0.6 is 0 Å². The molecule has 22 heavy (non-hydrogen) atoms. The standard InChI is InChI=1S/C16H28O6/c1-5-9-11-12(7-3)14(17)20-21-15(18)16(8-4)13(10-6-2)19-22-16/h12-13H,5-11H2,1-4H3. The molecule has 0 aromatic rings. The first-order chi connectivity index (χ1) is 10.6. The van der Waals surface area contributed by atoms with E-state index in [0.29, 0.717) is 19.3 Å². The molecule has 1 saturated heterocycles. The first-order valence-electron chi connectivity index (χ1n) is 8.32. The van der Waals surface area contributed by atoms with Crippen LogP contribution in [0.2, 0.25) is 0 Å². The second-order valence-electron chi connectivity index (χ2n) is 5.72. The average Bonchev–Trinajstić information content (AvgIpc) is 2.51. The van der Waals surface area contributed by atoms with E-state index in [1.54, 1.807) is 0 Å². The smallest absolute Gasteiger partial charge is 0.247 e. The lowest BCUT2D eigenvalue weighted by Gasteiger charge is -2.43. The summed E-state index contributed by atoms with van der Waals surface area (Å²) in [5, 5.41) is 0. The molecule has 1 fully saturated rings. The predicted octanol–water partition coefficient (Wildman–Crippen LogP) is 3.48. The van der Waals surface area contributed by atoms with Crippen LogP contribution in [0.5, 0.6) is 0 Å². The van der Waals surface area contributed by atoms with Crippen LogP contribution in [0, 0.1) is 5.92 Å². The Morgan fingerprint density at radius 2 is 1.86 bits per heavy atom. The number of unbranched alkanes of at least 4 members (excludes halogenated alkanes) is 1. The Bertz CT molecular complexity index is 366. The van der Waals surface area contributed by atoms with Gasteiger partial charge in [-0.15, -0.1) is 0 Å². The molecule has 1 aliphatic heterocycles. The normalized spacial score (nSPS) is 25.2. The summed E-state index contributed by atoms with van der Waals surface area (Å²) in [5.41, 5.74) is -1.15. The van der Waals surface area contributed by atoms with Gasteiger partial charge in [-0.05, 0) is 25.7 Å². The second kappa shape index (κ2) is 9.10. The molecule has 1 aliphatic rings. The number of rotatable bonds is 9. The zero-order valence-corrected chi connectivity index (χ0v) is 14.1. The summed E-state index contributed by atoms with van der Waals surface area (Å²) in [6.45, 7) is 7.78. The van der Waals surface area contributed by atoms with Crippen LogP contribution in [-0.2, 0) is 29.1 Å². The SMILES string of the molecule is CCCCC(CC)C(=O)OOC(=O)C1(CC)OOC1CCC. The van der Waals surface area contributed by atoms with Crippen molar-refractivity contribution in [3.8, 4) is 0 Å². The van der Waals surface area contributed by atoms with Gasteiger partial charge in [0, 0.05) is 0 Å². The molecule has 0 aromatic heterocycles. The molecule has 0 radical (unpaired) electrons. The average molecular weight is 316 g/mol. The van der Waals surface area contributed by atoms with E-state index in [0.717, 1.165) is 25.7 Å². The largest absolute Gasteiger partial charge is 0.393 e. The van der Waals surface area contributed by atoms with Crippen molar-refractivity contribution in [3.05, 3.63) is 0 Å². The van der Waals surface area contributed by atoms with Crippen molar-refractivity contribution in [2.45, 2.75) is 84.3 Å². The zero-order chi connectivity index (χ0) is 16.6. The van der Waals surface area contributed by atoms with Gasteiger partial charge in [0.15, 0.2) is 0 Å². The number of hydrogen-bond donors (Lipinski definition) is 0. The molecule has 0 saturated carbocycles. The van der Waals surface area contributed by atoms with Gasteiger partial charge in [-0.3, -0.25) is 0 Å². The summed E-state index contributed by atoms with van der Waals surface area (Å²) in [6.07, 6.45) is 4.94. The monoisotopic (exact) mass is 316 g/mol. The molecule has 128 valence electrons. The molecule has 6 nitrogen and oxygen atoms in total. The minimum atomic E-state index is -1.15. The fraction of sp³-hybridized carbons (Fsp3) is 0.875. The van der Waals surface area contributed by atoms with Crippen LogP contribution in [0.15, 0.2) is 0 Å². The van der Waals surface area contributed by atoms with Crippen molar-refractivity contribution in [2.24, 2.45) is 5.92 Å². The van der Waals surface area contributed by atoms with Gasteiger partial charge >= 0.3 is 11.9 Å². The highest BCUT2D eigenvalue weighted by Crippen LogP contribution is 2.37. The van der Waals surface area contributed by atoms with Gasteiger partial charge < -0.3 is 0 Å². The molecule has 0 spiro atoms. The minimum Gasteiger partial charge on any atom is -0.247 e. The van der Waals surface area contributed by atoms with E-state index in [1.165, 1.54) is 0 Å². The zero-order valence-electron chi connectivity index (χ0n) is 14.1. The molecular weight excluding hydrogens is 288 g/mol. The summed E-state index contributed by atoms with van der Waals surface area (Å²) in [6, 6.07) is 0. The van der Waals surface area contributed by atoms with Crippen molar-refractivity contribution in [3.63, 3.8) is 0 Å². The van der Waals surface area contributed by atoms with Gasteiger partial charge in [-0.25, -0.2) is 29.1 Å². The van der Waals surface area contributed by atoms with Gasteiger partial charge in [0.25, 0.3) is 0 Å². The van der Waals surface area contributed by atoms with Crippen LogP contribution in [0.1, 0.15) is 72.6 Å². The second-order valence-corrected chi connectivity index (χ2v) is 5.72. The molecule has 0 aliphatic carbocycles. The molecule has 3 atom stereocenters. The summed E-state index contributed by atoms with van der Waals surface area (Å²) in [5.74, 6) is -1.43. The van der Waals surface area contributed by atoms with Crippen molar-refractivity contribution in [1.29, 1.82) is 0 Å². The molecule has 3 unspecified atom stereocenters. The molecule has 1 rings (SSSR count). The van der Waals surface area contributed by atoms with E-state index in [2.05, 4.69) is 6.92 Å². The predicted molar refractivity (Wildman–Crippen MR) is 79.4 cm³/mol. The topological polar surface area (TPSA) is 71.1 Å². The van der Waals surface area contributed by atoms with Crippen LogP contribution in [-0.4, -0.2) is 23.6 Å². The van der Waals surface area contributed by atoms with Gasteiger partial charge in [0.2, 0.25) is 5.60 Å². The molecule has 6 heteroatoms. The Morgan fingerprint density at radius 3 is 2.32 bits per heavy atom. The Kier molecular flexibility index (Phi) is 7.82. The fourth-order valence-electron chi connectivity index (χ4n) is 2.53. The first-order valence-corrected chi connectivity index (χ1v) is 8.32.